The topological polar surface area (TPSA) is 55.4 Å². The van der Waals surface area contributed by atoms with Gasteiger partial charge < -0.3 is 4.74 Å². The summed E-state index contributed by atoms with van der Waals surface area (Å²) in [6.07, 6.45) is 7.79. The van der Waals surface area contributed by atoms with Crippen LogP contribution in [0.5, 0.6) is 5.75 Å². The first-order chi connectivity index (χ1) is 10.5. The van der Waals surface area contributed by atoms with Crippen molar-refractivity contribution in [3.8, 4) is 5.75 Å². The second kappa shape index (κ2) is 7.97. The Kier molecular flexibility index (Phi) is 6.26. The summed E-state index contributed by atoms with van der Waals surface area (Å²) in [4.78, 5) is 0.329. The van der Waals surface area contributed by atoms with Gasteiger partial charge in [0.2, 0.25) is 10.0 Å². The van der Waals surface area contributed by atoms with Crippen LogP contribution < -0.4 is 9.46 Å². The maximum absolute atomic E-state index is 12.6. The van der Waals surface area contributed by atoms with Crippen LogP contribution in [0, 0.1) is 6.92 Å². The van der Waals surface area contributed by atoms with E-state index in [-0.39, 0.29) is 6.04 Å². The van der Waals surface area contributed by atoms with Gasteiger partial charge in [-0.05, 0) is 50.5 Å². The van der Waals surface area contributed by atoms with Crippen molar-refractivity contribution in [3.05, 3.63) is 23.8 Å². The first-order valence-corrected chi connectivity index (χ1v) is 9.77. The molecule has 1 aliphatic carbocycles. The quantitative estimate of drug-likeness (QED) is 0.896. The molecule has 0 aromatic heterocycles. The zero-order chi connectivity index (χ0) is 16.0. The lowest BCUT2D eigenvalue weighted by molar-refractivity contribution is 0.337. The van der Waals surface area contributed by atoms with Crippen molar-refractivity contribution in [2.24, 2.45) is 0 Å². The van der Waals surface area contributed by atoms with Gasteiger partial charge in [0, 0.05) is 6.04 Å². The Morgan fingerprint density at radius 2 is 1.77 bits per heavy atom. The lowest BCUT2D eigenvalue weighted by atomic mass is 9.97. The van der Waals surface area contributed by atoms with E-state index in [0.717, 1.165) is 37.0 Å². The number of hydrogen-bond donors (Lipinski definition) is 1. The molecule has 1 fully saturated rings. The molecule has 0 atom stereocenters. The second-order valence-corrected chi connectivity index (χ2v) is 7.74. The SMILES string of the molecule is CCOc1ccc(S(=O)(=O)NC2CCCCCCC2)cc1C. The fourth-order valence-corrected chi connectivity index (χ4v) is 4.36. The van der Waals surface area contributed by atoms with Crippen molar-refractivity contribution in [2.45, 2.75) is 69.7 Å². The van der Waals surface area contributed by atoms with Crippen LogP contribution in [0.1, 0.15) is 57.4 Å². The molecule has 0 aliphatic heterocycles. The number of rotatable bonds is 5. The lowest BCUT2D eigenvalue weighted by Crippen LogP contribution is -2.35. The molecule has 0 bridgehead atoms. The molecule has 0 radical (unpaired) electrons. The van der Waals surface area contributed by atoms with E-state index in [1.807, 2.05) is 13.8 Å². The fraction of sp³-hybridized carbons (Fsp3) is 0.647. The minimum atomic E-state index is -3.45. The molecule has 1 aromatic rings. The molecule has 0 saturated heterocycles. The van der Waals surface area contributed by atoms with Crippen LogP contribution in [0.2, 0.25) is 0 Å². The van der Waals surface area contributed by atoms with Crippen LogP contribution in [0.25, 0.3) is 0 Å². The molecule has 22 heavy (non-hydrogen) atoms. The van der Waals surface area contributed by atoms with Gasteiger partial charge in [-0.15, -0.1) is 0 Å². The van der Waals surface area contributed by atoms with E-state index in [9.17, 15) is 8.42 Å². The normalized spacial score (nSPS) is 17.7. The molecule has 0 spiro atoms. The van der Waals surface area contributed by atoms with Crippen molar-refractivity contribution >= 4 is 10.0 Å². The van der Waals surface area contributed by atoms with E-state index in [0.29, 0.717) is 11.5 Å². The number of ether oxygens (including phenoxy) is 1. The largest absolute Gasteiger partial charge is 0.494 e. The molecule has 4 nitrogen and oxygen atoms in total. The molecule has 1 aromatic carbocycles. The predicted octanol–water partition coefficient (Wildman–Crippen LogP) is 3.78. The van der Waals surface area contributed by atoms with Crippen molar-refractivity contribution in [3.63, 3.8) is 0 Å². The molecule has 2 rings (SSSR count). The molecular formula is C17H27NO3S. The molecule has 0 unspecified atom stereocenters. The number of aryl methyl sites for hydroxylation is 1. The van der Waals surface area contributed by atoms with Crippen molar-refractivity contribution in [1.29, 1.82) is 0 Å². The van der Waals surface area contributed by atoms with Gasteiger partial charge in [-0.3, -0.25) is 0 Å². The molecule has 1 N–H and O–H groups in total. The average molecular weight is 325 g/mol. The van der Waals surface area contributed by atoms with Gasteiger partial charge in [0.15, 0.2) is 0 Å². The van der Waals surface area contributed by atoms with Gasteiger partial charge in [-0.25, -0.2) is 13.1 Å². The van der Waals surface area contributed by atoms with E-state index < -0.39 is 10.0 Å². The third-order valence-corrected chi connectivity index (χ3v) is 5.70. The summed E-state index contributed by atoms with van der Waals surface area (Å²) in [5, 5.41) is 0. The summed E-state index contributed by atoms with van der Waals surface area (Å²) in [6, 6.07) is 5.13. The molecule has 5 heteroatoms. The average Bonchev–Trinajstić information content (AvgIpc) is 2.44. The summed E-state index contributed by atoms with van der Waals surface area (Å²) >= 11 is 0. The van der Waals surface area contributed by atoms with Crippen LogP contribution in [-0.4, -0.2) is 21.1 Å². The number of benzene rings is 1. The number of hydrogen-bond acceptors (Lipinski definition) is 3. The summed E-state index contributed by atoms with van der Waals surface area (Å²) in [7, 11) is -3.45. The Bertz CT molecular complexity index is 576. The first kappa shape index (κ1) is 17.3. The third kappa shape index (κ3) is 4.71. The summed E-state index contributed by atoms with van der Waals surface area (Å²) in [5.74, 6) is 0.743. The van der Waals surface area contributed by atoms with Crippen LogP contribution in [0.3, 0.4) is 0 Å². The Hall–Kier alpha value is -1.07. The molecule has 0 heterocycles. The molecule has 124 valence electrons. The van der Waals surface area contributed by atoms with E-state index in [1.54, 1.807) is 18.2 Å². The van der Waals surface area contributed by atoms with Crippen LogP contribution >= 0.6 is 0 Å². The molecule has 0 amide bonds. The van der Waals surface area contributed by atoms with E-state index in [2.05, 4.69) is 4.72 Å². The van der Waals surface area contributed by atoms with Crippen molar-refractivity contribution in [2.75, 3.05) is 6.61 Å². The summed E-state index contributed by atoms with van der Waals surface area (Å²) in [6.45, 7) is 4.37. The Labute approximate surface area is 134 Å². The first-order valence-electron chi connectivity index (χ1n) is 8.28. The maximum atomic E-state index is 12.6. The Morgan fingerprint density at radius 1 is 1.14 bits per heavy atom. The van der Waals surface area contributed by atoms with Crippen LogP contribution in [-0.2, 0) is 10.0 Å². The van der Waals surface area contributed by atoms with E-state index in [1.165, 1.54) is 19.3 Å². The highest BCUT2D eigenvalue weighted by molar-refractivity contribution is 7.89. The highest BCUT2D eigenvalue weighted by Crippen LogP contribution is 2.23. The van der Waals surface area contributed by atoms with E-state index >= 15 is 0 Å². The predicted molar refractivity (Wildman–Crippen MR) is 88.8 cm³/mol. The third-order valence-electron chi connectivity index (χ3n) is 4.18. The Morgan fingerprint density at radius 3 is 2.36 bits per heavy atom. The van der Waals surface area contributed by atoms with Gasteiger partial charge in [-0.1, -0.05) is 32.1 Å². The minimum absolute atomic E-state index is 0.0668. The van der Waals surface area contributed by atoms with Crippen molar-refractivity contribution < 1.29 is 13.2 Å². The minimum Gasteiger partial charge on any atom is -0.494 e. The lowest BCUT2D eigenvalue weighted by Gasteiger charge is -2.21. The summed E-state index contributed by atoms with van der Waals surface area (Å²) < 4.78 is 33.5. The Balaban J connectivity index is 2.10. The van der Waals surface area contributed by atoms with Gasteiger partial charge in [0.1, 0.15) is 5.75 Å². The van der Waals surface area contributed by atoms with Gasteiger partial charge >= 0.3 is 0 Å². The fourth-order valence-electron chi connectivity index (χ4n) is 2.97. The zero-order valence-electron chi connectivity index (χ0n) is 13.6. The zero-order valence-corrected chi connectivity index (χ0v) is 14.4. The number of sulfonamides is 1. The highest BCUT2D eigenvalue weighted by Gasteiger charge is 2.21. The van der Waals surface area contributed by atoms with E-state index in [4.69, 9.17) is 4.74 Å². The maximum Gasteiger partial charge on any atom is 0.240 e. The highest BCUT2D eigenvalue weighted by atomic mass is 32.2. The summed E-state index contributed by atoms with van der Waals surface area (Å²) in [5.41, 5.74) is 0.849. The van der Waals surface area contributed by atoms with Gasteiger partial charge in [0.05, 0.1) is 11.5 Å². The smallest absolute Gasteiger partial charge is 0.240 e. The molecule has 1 aliphatic rings. The molecular weight excluding hydrogens is 298 g/mol. The van der Waals surface area contributed by atoms with Gasteiger partial charge in [0.25, 0.3) is 0 Å². The number of nitrogens with one attached hydrogen (secondary N) is 1. The van der Waals surface area contributed by atoms with Crippen molar-refractivity contribution in [1.82, 2.24) is 4.72 Å². The molecule has 1 saturated carbocycles. The van der Waals surface area contributed by atoms with Crippen LogP contribution in [0.15, 0.2) is 23.1 Å². The monoisotopic (exact) mass is 325 g/mol. The standard InChI is InChI=1S/C17H27NO3S/c1-3-21-17-12-11-16(13-14(17)2)22(19,20)18-15-9-7-5-4-6-8-10-15/h11-13,15,18H,3-10H2,1-2H3. The second-order valence-electron chi connectivity index (χ2n) is 6.02. The van der Waals surface area contributed by atoms with Gasteiger partial charge in [-0.2, -0.15) is 0 Å². The van der Waals surface area contributed by atoms with Crippen LogP contribution in [0.4, 0.5) is 0 Å².